The van der Waals surface area contributed by atoms with Crippen molar-refractivity contribution in [1.82, 2.24) is 15.2 Å². The van der Waals surface area contributed by atoms with Crippen molar-refractivity contribution in [2.24, 2.45) is 0 Å². The van der Waals surface area contributed by atoms with E-state index in [-0.39, 0.29) is 24.5 Å². The molecule has 0 unspecified atom stereocenters. The molecule has 0 saturated carbocycles. The highest BCUT2D eigenvalue weighted by Crippen LogP contribution is 2.32. The Morgan fingerprint density at radius 3 is 2.64 bits per heavy atom. The number of morpholine rings is 1. The van der Waals surface area contributed by atoms with Gasteiger partial charge in [-0.2, -0.15) is 0 Å². The molecule has 6 nitrogen and oxygen atoms in total. The van der Waals surface area contributed by atoms with Crippen LogP contribution in [-0.2, 0) is 20.7 Å². The van der Waals surface area contributed by atoms with Crippen molar-refractivity contribution in [1.29, 1.82) is 0 Å². The number of pyridine rings is 1. The van der Waals surface area contributed by atoms with E-state index in [2.05, 4.69) is 10.3 Å². The Morgan fingerprint density at radius 1 is 1.21 bits per heavy atom. The molecule has 6 heteroatoms. The van der Waals surface area contributed by atoms with Crippen LogP contribution in [-0.4, -0.2) is 47.0 Å². The number of amides is 2. The fourth-order valence-electron chi connectivity index (χ4n) is 3.57. The number of hydrogen-bond donors (Lipinski definition) is 1. The summed E-state index contributed by atoms with van der Waals surface area (Å²) in [5.74, 6) is -0.281. The van der Waals surface area contributed by atoms with Crippen LogP contribution in [0.5, 0.6) is 0 Å². The first-order chi connectivity index (χ1) is 13.6. The predicted octanol–water partition coefficient (Wildman–Crippen LogP) is 2.51. The van der Waals surface area contributed by atoms with Gasteiger partial charge in [0.1, 0.15) is 6.61 Å². The molecule has 0 spiro atoms. The molecule has 28 heavy (non-hydrogen) atoms. The molecule has 2 amide bonds. The van der Waals surface area contributed by atoms with Crippen molar-refractivity contribution >= 4 is 11.8 Å². The second-order valence-corrected chi connectivity index (χ2v) is 7.20. The van der Waals surface area contributed by atoms with Gasteiger partial charge >= 0.3 is 0 Å². The minimum absolute atomic E-state index is 0.0268. The molecule has 3 rings (SSSR count). The summed E-state index contributed by atoms with van der Waals surface area (Å²) >= 11 is 0. The summed E-state index contributed by atoms with van der Waals surface area (Å²) in [5, 5.41) is 2.97. The number of hydrogen-bond acceptors (Lipinski definition) is 4. The molecule has 1 N–H and O–H groups in total. The molecular formula is C22H27N3O3. The lowest BCUT2D eigenvalue weighted by Gasteiger charge is -2.42. The molecule has 2 aromatic rings. The van der Waals surface area contributed by atoms with E-state index in [0.29, 0.717) is 6.54 Å². The van der Waals surface area contributed by atoms with Gasteiger partial charge in [-0.15, -0.1) is 0 Å². The third-order valence-corrected chi connectivity index (χ3v) is 4.85. The van der Waals surface area contributed by atoms with Gasteiger partial charge in [-0.05, 0) is 44.4 Å². The first-order valence-corrected chi connectivity index (χ1v) is 9.73. The summed E-state index contributed by atoms with van der Waals surface area (Å²) in [6, 6.07) is 15.0. The predicted molar refractivity (Wildman–Crippen MR) is 106 cm³/mol. The van der Waals surface area contributed by atoms with E-state index in [1.807, 2.05) is 62.4 Å². The summed E-state index contributed by atoms with van der Waals surface area (Å²) in [4.78, 5) is 31.4. The van der Waals surface area contributed by atoms with Crippen molar-refractivity contribution in [2.75, 3.05) is 13.2 Å². The van der Waals surface area contributed by atoms with E-state index in [0.717, 1.165) is 24.1 Å². The average Bonchev–Trinajstić information content (AvgIpc) is 2.72. The second kappa shape index (κ2) is 9.46. The summed E-state index contributed by atoms with van der Waals surface area (Å²) in [5.41, 5.74) is 1.90. The molecule has 1 aromatic heterocycles. The summed E-state index contributed by atoms with van der Waals surface area (Å²) < 4.78 is 5.70. The van der Waals surface area contributed by atoms with Crippen molar-refractivity contribution in [2.45, 2.75) is 44.9 Å². The van der Waals surface area contributed by atoms with Crippen LogP contribution in [0.3, 0.4) is 0 Å². The maximum atomic E-state index is 12.9. The van der Waals surface area contributed by atoms with Gasteiger partial charge < -0.3 is 15.0 Å². The van der Waals surface area contributed by atoms with Gasteiger partial charge in [0, 0.05) is 24.5 Å². The number of aromatic nitrogens is 1. The van der Waals surface area contributed by atoms with E-state index in [1.54, 1.807) is 11.1 Å². The molecular weight excluding hydrogens is 354 g/mol. The fraction of sp³-hybridized carbons (Fsp3) is 0.409. The van der Waals surface area contributed by atoms with Crippen LogP contribution in [0.1, 0.15) is 37.6 Å². The fourth-order valence-corrected chi connectivity index (χ4v) is 3.57. The maximum Gasteiger partial charge on any atom is 0.251 e. The van der Waals surface area contributed by atoms with E-state index in [1.165, 1.54) is 0 Å². The first kappa shape index (κ1) is 20.0. The third-order valence-electron chi connectivity index (χ3n) is 4.85. The van der Waals surface area contributed by atoms with E-state index in [9.17, 15) is 9.59 Å². The molecule has 2 heterocycles. The molecule has 0 aliphatic carbocycles. The zero-order valence-corrected chi connectivity index (χ0v) is 16.4. The van der Waals surface area contributed by atoms with Crippen LogP contribution in [0, 0.1) is 0 Å². The molecule has 1 saturated heterocycles. The number of carbonyl (C=O) groups is 2. The minimum Gasteiger partial charge on any atom is -0.356 e. The highest BCUT2D eigenvalue weighted by Gasteiger charge is 2.42. The molecule has 1 fully saturated rings. The Labute approximate surface area is 165 Å². The van der Waals surface area contributed by atoms with Crippen molar-refractivity contribution < 1.29 is 14.3 Å². The van der Waals surface area contributed by atoms with E-state index >= 15 is 0 Å². The normalized spacial score (nSPS) is 19.7. The lowest BCUT2D eigenvalue weighted by molar-refractivity contribution is -0.167. The highest BCUT2D eigenvalue weighted by atomic mass is 16.5. The van der Waals surface area contributed by atoms with Gasteiger partial charge in [-0.25, -0.2) is 0 Å². The average molecular weight is 381 g/mol. The molecule has 1 aromatic carbocycles. The number of ether oxygens (including phenoxy) is 1. The number of nitrogens with one attached hydrogen (secondary N) is 1. The maximum absolute atomic E-state index is 12.9. The zero-order valence-electron chi connectivity index (χ0n) is 16.4. The number of nitrogens with zero attached hydrogens (tertiary/aromatic N) is 2. The summed E-state index contributed by atoms with van der Waals surface area (Å²) in [6.45, 7) is 4.38. The van der Waals surface area contributed by atoms with Gasteiger partial charge in [0.2, 0.25) is 5.91 Å². The van der Waals surface area contributed by atoms with Gasteiger partial charge in [0.05, 0.1) is 6.04 Å². The lowest BCUT2D eigenvalue weighted by atomic mass is 9.95. The van der Waals surface area contributed by atoms with E-state index in [4.69, 9.17) is 4.74 Å². The van der Waals surface area contributed by atoms with Gasteiger partial charge in [-0.1, -0.05) is 36.4 Å². The largest absolute Gasteiger partial charge is 0.356 e. The number of rotatable bonds is 7. The molecule has 1 aliphatic rings. The molecule has 148 valence electrons. The minimum atomic E-state index is -0.725. The van der Waals surface area contributed by atoms with Crippen LogP contribution in [0.2, 0.25) is 0 Å². The Hall–Kier alpha value is -2.73. The number of aryl methyl sites for hydroxylation is 1. The Morgan fingerprint density at radius 2 is 1.96 bits per heavy atom. The molecule has 0 radical (unpaired) electrons. The quantitative estimate of drug-likeness (QED) is 0.748. The van der Waals surface area contributed by atoms with Crippen molar-refractivity contribution in [3.63, 3.8) is 0 Å². The van der Waals surface area contributed by atoms with Gasteiger partial charge in [0.25, 0.3) is 5.91 Å². The van der Waals surface area contributed by atoms with Crippen LogP contribution in [0.15, 0.2) is 54.7 Å². The van der Waals surface area contributed by atoms with Gasteiger partial charge in [0.15, 0.2) is 6.10 Å². The Balaban J connectivity index is 1.67. The summed E-state index contributed by atoms with van der Waals surface area (Å²) in [7, 11) is 0. The smallest absolute Gasteiger partial charge is 0.251 e. The van der Waals surface area contributed by atoms with Crippen LogP contribution >= 0.6 is 0 Å². The van der Waals surface area contributed by atoms with Crippen LogP contribution in [0.25, 0.3) is 0 Å². The number of carbonyl (C=O) groups excluding carboxylic acids is 2. The molecule has 0 bridgehead atoms. The third kappa shape index (κ3) is 4.75. The monoisotopic (exact) mass is 381 g/mol. The van der Waals surface area contributed by atoms with Crippen LogP contribution < -0.4 is 5.32 Å². The number of benzene rings is 1. The summed E-state index contributed by atoms with van der Waals surface area (Å²) in [6.07, 6.45) is 2.63. The highest BCUT2D eigenvalue weighted by molar-refractivity contribution is 5.86. The Kier molecular flexibility index (Phi) is 6.76. The lowest BCUT2D eigenvalue weighted by Crippen LogP contribution is -2.56. The van der Waals surface area contributed by atoms with Crippen molar-refractivity contribution in [3.8, 4) is 0 Å². The molecule has 2 atom stereocenters. The second-order valence-electron chi connectivity index (χ2n) is 7.20. The molecule has 1 aliphatic heterocycles. The Bertz CT molecular complexity index is 780. The van der Waals surface area contributed by atoms with Gasteiger partial charge in [-0.3, -0.25) is 14.6 Å². The van der Waals surface area contributed by atoms with Crippen LogP contribution in [0.4, 0.5) is 0 Å². The SMILES string of the molecule is CC(C)N1C(=O)CO[C@H](C(=O)NCCCc2ccccn2)[C@H]1c1ccccc1. The van der Waals surface area contributed by atoms with Crippen molar-refractivity contribution in [3.05, 3.63) is 66.0 Å². The van der Waals surface area contributed by atoms with E-state index < -0.39 is 12.1 Å². The topological polar surface area (TPSA) is 71.5 Å². The standard InChI is InChI=1S/C22H27N3O3/c1-16(2)25-19(26)15-28-21(20(25)17-9-4-3-5-10-17)22(27)24-14-8-12-18-11-6-7-13-23-18/h3-7,9-11,13,16,20-21H,8,12,14-15H2,1-2H3,(H,24,27)/t20-,21+/m1/s1. The zero-order chi connectivity index (χ0) is 19.9. The first-order valence-electron chi connectivity index (χ1n) is 9.73.